The summed E-state index contributed by atoms with van der Waals surface area (Å²) >= 11 is 6.28. The van der Waals surface area contributed by atoms with E-state index in [4.69, 9.17) is 16.3 Å². The van der Waals surface area contributed by atoms with Crippen molar-refractivity contribution in [2.75, 3.05) is 0 Å². The molecule has 0 bridgehead atoms. The van der Waals surface area contributed by atoms with E-state index < -0.39 is 16.9 Å². The maximum atomic E-state index is 14.3. The molecule has 2 aromatic carbocycles. The molecule has 27 heavy (non-hydrogen) atoms. The molecule has 0 aliphatic heterocycles. The minimum Gasteiger partial charge on any atom is -0.489 e. The lowest BCUT2D eigenvalue weighted by Gasteiger charge is -2.14. The van der Waals surface area contributed by atoms with Gasteiger partial charge in [0.2, 0.25) is 0 Å². The molecular formula is C20H15ClF4OS. The van der Waals surface area contributed by atoms with Crippen molar-refractivity contribution in [2.45, 2.75) is 26.6 Å². The van der Waals surface area contributed by atoms with Crippen molar-refractivity contribution in [1.82, 2.24) is 0 Å². The number of hydrogen-bond donors (Lipinski definition) is 0. The fourth-order valence-corrected chi connectivity index (χ4v) is 3.84. The summed E-state index contributed by atoms with van der Waals surface area (Å²) in [5.41, 5.74) is 1.95. The molecule has 0 amide bonds. The molecule has 0 N–H and O–H groups in total. The highest BCUT2D eigenvalue weighted by Crippen LogP contribution is 2.43. The van der Waals surface area contributed by atoms with E-state index in [0.29, 0.717) is 17.1 Å². The van der Waals surface area contributed by atoms with E-state index in [1.807, 2.05) is 19.9 Å². The van der Waals surface area contributed by atoms with Crippen LogP contribution in [0, 0.1) is 19.7 Å². The van der Waals surface area contributed by atoms with E-state index in [1.54, 1.807) is 12.1 Å². The minimum absolute atomic E-state index is 0.0608. The number of hydrogen-bond acceptors (Lipinski definition) is 2. The molecule has 3 rings (SSSR count). The highest BCUT2D eigenvalue weighted by Gasteiger charge is 2.37. The highest BCUT2D eigenvalue weighted by molar-refractivity contribution is 7.10. The molecule has 0 atom stereocenters. The second-order valence-electron chi connectivity index (χ2n) is 6.07. The van der Waals surface area contributed by atoms with Crippen LogP contribution in [-0.4, -0.2) is 0 Å². The molecule has 1 nitrogen and oxygen atoms in total. The Bertz CT molecular complexity index is 979. The molecule has 0 saturated heterocycles. The lowest BCUT2D eigenvalue weighted by atomic mass is 10.0. The fraction of sp³-hybridized carbons (Fsp3) is 0.200. The van der Waals surface area contributed by atoms with E-state index >= 15 is 0 Å². The van der Waals surface area contributed by atoms with Gasteiger partial charge >= 0.3 is 6.18 Å². The standard InChI is InChI=1S/C20H15ClF4OS/c1-11-4-3-5-18(12(11)2)26-9-15-16(10-27-19(15)20(23,24)25)14-7-6-13(21)8-17(14)22/h3-8,10H,9H2,1-2H3. The first-order valence-corrected chi connectivity index (χ1v) is 9.26. The Morgan fingerprint density at radius 2 is 1.81 bits per heavy atom. The number of aryl methyl sites for hydroxylation is 1. The van der Waals surface area contributed by atoms with E-state index in [0.717, 1.165) is 17.2 Å². The summed E-state index contributed by atoms with van der Waals surface area (Å²) in [7, 11) is 0. The Kier molecular flexibility index (Phi) is 5.49. The van der Waals surface area contributed by atoms with Gasteiger partial charge in [0, 0.05) is 21.7 Å². The van der Waals surface area contributed by atoms with E-state index in [2.05, 4.69) is 0 Å². The number of alkyl halides is 3. The Morgan fingerprint density at radius 3 is 2.48 bits per heavy atom. The van der Waals surface area contributed by atoms with Gasteiger partial charge in [0.15, 0.2) is 0 Å². The zero-order valence-electron chi connectivity index (χ0n) is 14.5. The molecule has 0 spiro atoms. The molecule has 0 aliphatic rings. The third-order valence-corrected chi connectivity index (χ3v) is 5.60. The molecule has 0 fully saturated rings. The van der Waals surface area contributed by atoms with Crippen LogP contribution in [0.3, 0.4) is 0 Å². The van der Waals surface area contributed by atoms with Gasteiger partial charge in [-0.2, -0.15) is 13.2 Å². The van der Waals surface area contributed by atoms with Gasteiger partial charge in [-0.1, -0.05) is 23.7 Å². The van der Waals surface area contributed by atoms with E-state index in [1.165, 1.54) is 17.5 Å². The summed E-state index contributed by atoms with van der Waals surface area (Å²) in [5.74, 6) is -0.182. The van der Waals surface area contributed by atoms with Crippen LogP contribution in [0.15, 0.2) is 41.8 Å². The van der Waals surface area contributed by atoms with E-state index in [9.17, 15) is 17.6 Å². The first-order valence-electron chi connectivity index (χ1n) is 8.00. The number of thiophene rings is 1. The van der Waals surface area contributed by atoms with Crippen LogP contribution in [0.5, 0.6) is 5.75 Å². The lowest BCUT2D eigenvalue weighted by molar-refractivity contribution is -0.135. The van der Waals surface area contributed by atoms with Gasteiger partial charge in [0.05, 0.1) is 0 Å². The van der Waals surface area contributed by atoms with Crippen molar-refractivity contribution >= 4 is 22.9 Å². The average molecular weight is 415 g/mol. The third kappa shape index (κ3) is 4.12. The Hall–Kier alpha value is -2.05. The van der Waals surface area contributed by atoms with Crippen molar-refractivity contribution in [3.8, 4) is 16.9 Å². The molecule has 1 heterocycles. The number of halogens is 5. The molecule has 0 saturated carbocycles. The van der Waals surface area contributed by atoms with Crippen LogP contribution in [0.4, 0.5) is 17.6 Å². The van der Waals surface area contributed by atoms with Gasteiger partial charge < -0.3 is 4.74 Å². The van der Waals surface area contributed by atoms with Crippen LogP contribution in [0.25, 0.3) is 11.1 Å². The van der Waals surface area contributed by atoms with Crippen molar-refractivity contribution in [2.24, 2.45) is 0 Å². The maximum Gasteiger partial charge on any atom is 0.426 e. The summed E-state index contributed by atoms with van der Waals surface area (Å²) in [5, 5.41) is 1.48. The average Bonchev–Trinajstić information content (AvgIpc) is 3.00. The normalized spacial score (nSPS) is 11.7. The van der Waals surface area contributed by atoms with Gasteiger partial charge in [0.25, 0.3) is 0 Å². The molecular weight excluding hydrogens is 400 g/mol. The second kappa shape index (κ2) is 7.52. The topological polar surface area (TPSA) is 9.23 Å². The predicted molar refractivity (Wildman–Crippen MR) is 100.0 cm³/mol. The summed E-state index contributed by atoms with van der Waals surface area (Å²) < 4.78 is 60.3. The summed E-state index contributed by atoms with van der Waals surface area (Å²) in [4.78, 5) is -0.794. The molecule has 0 radical (unpaired) electrons. The van der Waals surface area contributed by atoms with Gasteiger partial charge in [-0.05, 0) is 54.6 Å². The Morgan fingerprint density at radius 1 is 1.07 bits per heavy atom. The SMILES string of the molecule is Cc1cccc(OCc2c(-c3ccc(Cl)cc3F)csc2C(F)(F)F)c1C. The third-order valence-electron chi connectivity index (χ3n) is 4.30. The molecule has 3 aromatic rings. The lowest BCUT2D eigenvalue weighted by Crippen LogP contribution is -2.09. The van der Waals surface area contributed by atoms with Crippen LogP contribution in [0.2, 0.25) is 5.02 Å². The highest BCUT2D eigenvalue weighted by atomic mass is 35.5. The molecule has 142 valence electrons. The zero-order valence-corrected chi connectivity index (χ0v) is 16.0. The van der Waals surface area contributed by atoms with Crippen LogP contribution in [0.1, 0.15) is 21.6 Å². The van der Waals surface area contributed by atoms with Crippen LogP contribution >= 0.6 is 22.9 Å². The maximum absolute atomic E-state index is 14.3. The summed E-state index contributed by atoms with van der Waals surface area (Å²) in [6, 6.07) is 9.27. The van der Waals surface area contributed by atoms with E-state index in [-0.39, 0.29) is 28.3 Å². The van der Waals surface area contributed by atoms with Gasteiger partial charge in [-0.25, -0.2) is 4.39 Å². The molecule has 7 heteroatoms. The Labute approximate surface area is 163 Å². The summed E-state index contributed by atoms with van der Waals surface area (Å²) in [6.07, 6.45) is -4.55. The quantitative estimate of drug-likeness (QED) is 0.403. The van der Waals surface area contributed by atoms with Gasteiger partial charge in [0.1, 0.15) is 23.1 Å². The predicted octanol–water partition coefficient (Wildman–Crippen LogP) is 7.42. The van der Waals surface area contributed by atoms with Crippen molar-refractivity contribution < 1.29 is 22.3 Å². The van der Waals surface area contributed by atoms with Crippen LogP contribution < -0.4 is 4.74 Å². The monoisotopic (exact) mass is 414 g/mol. The molecule has 0 aliphatic carbocycles. The summed E-state index contributed by atoms with van der Waals surface area (Å²) in [6.45, 7) is 3.41. The minimum atomic E-state index is -4.55. The van der Waals surface area contributed by atoms with Crippen LogP contribution in [-0.2, 0) is 12.8 Å². The first kappa shape index (κ1) is 19.7. The number of ether oxygens (including phenoxy) is 1. The Balaban J connectivity index is 2.04. The first-order chi connectivity index (χ1) is 12.7. The fourth-order valence-electron chi connectivity index (χ4n) is 2.73. The zero-order chi connectivity index (χ0) is 19.8. The van der Waals surface area contributed by atoms with Crippen molar-refractivity contribution in [1.29, 1.82) is 0 Å². The second-order valence-corrected chi connectivity index (χ2v) is 7.38. The largest absolute Gasteiger partial charge is 0.489 e. The smallest absolute Gasteiger partial charge is 0.426 e. The van der Waals surface area contributed by atoms with Gasteiger partial charge in [-0.15, -0.1) is 11.3 Å². The number of rotatable bonds is 4. The van der Waals surface area contributed by atoms with Gasteiger partial charge in [-0.3, -0.25) is 0 Å². The molecule has 0 unspecified atom stereocenters. The van der Waals surface area contributed by atoms with Crippen molar-refractivity contribution in [3.63, 3.8) is 0 Å². The number of benzene rings is 2. The molecule has 1 aromatic heterocycles. The van der Waals surface area contributed by atoms with Crippen molar-refractivity contribution in [3.05, 3.63) is 74.2 Å².